The summed E-state index contributed by atoms with van der Waals surface area (Å²) in [5.74, 6) is -1.40. The summed E-state index contributed by atoms with van der Waals surface area (Å²) in [5, 5.41) is 11.5. The van der Waals surface area contributed by atoms with E-state index in [1.54, 1.807) is 0 Å². The predicted octanol–water partition coefficient (Wildman–Crippen LogP) is 4.05. The zero-order valence-corrected chi connectivity index (χ0v) is 16.0. The maximum Gasteiger partial charge on any atom is 0.305 e. The van der Waals surface area contributed by atoms with Crippen LogP contribution in [0.4, 0.5) is 10.1 Å². The Bertz CT molecular complexity index is 846. The van der Waals surface area contributed by atoms with Gasteiger partial charge in [-0.25, -0.2) is 0 Å². The molecular weight excluding hydrogens is 355 g/mol. The highest BCUT2D eigenvalue weighted by atomic mass is 19.1. The number of H-pyrrole nitrogens is 1. The highest BCUT2D eigenvalue weighted by Gasteiger charge is 2.33. The van der Waals surface area contributed by atoms with Crippen molar-refractivity contribution in [1.29, 1.82) is 0 Å². The molecule has 1 aromatic heterocycles. The number of ether oxygens (including phenoxy) is 3. The van der Waals surface area contributed by atoms with Gasteiger partial charge >= 0.3 is 5.69 Å². The van der Waals surface area contributed by atoms with Crippen molar-refractivity contribution < 1.29 is 23.5 Å². The van der Waals surface area contributed by atoms with Gasteiger partial charge < -0.3 is 19.2 Å². The van der Waals surface area contributed by atoms with Crippen molar-refractivity contribution >= 4 is 16.6 Å². The lowest BCUT2D eigenvalue weighted by Gasteiger charge is -2.24. The molecule has 148 valence electrons. The van der Waals surface area contributed by atoms with Crippen molar-refractivity contribution in [3.05, 3.63) is 39.8 Å². The van der Waals surface area contributed by atoms with Crippen molar-refractivity contribution in [1.82, 2.24) is 4.98 Å². The lowest BCUT2D eigenvalue weighted by Crippen LogP contribution is -2.25. The number of hydrogen-bond acceptors (Lipinski definition) is 5. The average Bonchev–Trinajstić information content (AvgIpc) is 3.13. The van der Waals surface area contributed by atoms with Gasteiger partial charge in [-0.15, -0.1) is 0 Å². The lowest BCUT2D eigenvalue weighted by molar-refractivity contribution is -0.387. The van der Waals surface area contributed by atoms with Gasteiger partial charge in [0.1, 0.15) is 6.10 Å². The largest absolute Gasteiger partial charge is 0.379 e. The molecule has 27 heavy (non-hydrogen) atoms. The zero-order valence-electron chi connectivity index (χ0n) is 16.0. The van der Waals surface area contributed by atoms with E-state index in [4.69, 9.17) is 14.2 Å². The van der Waals surface area contributed by atoms with E-state index in [0.29, 0.717) is 30.7 Å². The number of fused-ring (bicyclic) bond motifs is 1. The van der Waals surface area contributed by atoms with Gasteiger partial charge in [0.15, 0.2) is 5.79 Å². The number of aromatic amines is 1. The van der Waals surface area contributed by atoms with E-state index >= 15 is 0 Å². The summed E-state index contributed by atoms with van der Waals surface area (Å²) >= 11 is 0. The van der Waals surface area contributed by atoms with Crippen molar-refractivity contribution in [2.45, 2.75) is 51.4 Å². The fourth-order valence-electron chi connectivity index (χ4n) is 3.17. The molecule has 0 amide bonds. The number of nitro groups is 1. The van der Waals surface area contributed by atoms with Crippen LogP contribution in [0.3, 0.4) is 0 Å². The quantitative estimate of drug-likeness (QED) is 0.445. The number of nitro benzene ring substituents is 1. The predicted molar refractivity (Wildman–Crippen MR) is 98.3 cm³/mol. The Morgan fingerprint density at radius 1 is 1.41 bits per heavy atom. The van der Waals surface area contributed by atoms with Crippen LogP contribution >= 0.6 is 0 Å². The number of nitrogens with one attached hydrogen (secondary N) is 1. The number of rotatable bonds is 7. The Morgan fingerprint density at radius 3 is 2.78 bits per heavy atom. The van der Waals surface area contributed by atoms with Crippen LogP contribution in [-0.2, 0) is 19.6 Å². The standard InChI is InChI=1S/C19H25FN2O5/c1-18(2,5-6-25-10-13-11-26-19(3,4)27-13)17-8-12-7-16(22(23)24)14(20)9-15(12)21-17/h7-9,13,21H,5-6,10-11H2,1-4H3. The molecule has 1 fully saturated rings. The third kappa shape index (κ3) is 4.45. The molecule has 8 heteroatoms. The summed E-state index contributed by atoms with van der Waals surface area (Å²) in [6, 6.07) is 4.26. The highest BCUT2D eigenvalue weighted by molar-refractivity contribution is 5.83. The van der Waals surface area contributed by atoms with E-state index < -0.39 is 22.2 Å². The van der Waals surface area contributed by atoms with Crippen LogP contribution < -0.4 is 0 Å². The first-order valence-corrected chi connectivity index (χ1v) is 8.94. The fraction of sp³-hybridized carbons (Fsp3) is 0.579. The van der Waals surface area contributed by atoms with Crippen LogP contribution in [-0.4, -0.2) is 41.6 Å². The third-order valence-electron chi connectivity index (χ3n) is 4.86. The van der Waals surface area contributed by atoms with E-state index in [9.17, 15) is 14.5 Å². The number of benzene rings is 1. The Labute approximate surface area is 156 Å². The third-order valence-corrected chi connectivity index (χ3v) is 4.86. The van der Waals surface area contributed by atoms with Crippen LogP contribution in [0.1, 0.15) is 39.8 Å². The zero-order chi connectivity index (χ0) is 19.8. The van der Waals surface area contributed by atoms with E-state index in [-0.39, 0.29) is 11.5 Å². The van der Waals surface area contributed by atoms with Crippen molar-refractivity contribution in [3.8, 4) is 0 Å². The molecule has 0 spiro atoms. The minimum Gasteiger partial charge on any atom is -0.379 e. The van der Waals surface area contributed by atoms with Gasteiger partial charge in [-0.2, -0.15) is 4.39 Å². The normalized spacial score (nSPS) is 19.7. The van der Waals surface area contributed by atoms with Gasteiger partial charge in [0.05, 0.1) is 18.1 Å². The molecule has 2 heterocycles. The van der Waals surface area contributed by atoms with Gasteiger partial charge in [-0.1, -0.05) is 13.8 Å². The summed E-state index contributed by atoms with van der Waals surface area (Å²) in [6.07, 6.45) is 0.654. The van der Waals surface area contributed by atoms with Gasteiger partial charge in [-0.05, 0) is 26.3 Å². The van der Waals surface area contributed by atoms with E-state index in [1.165, 1.54) is 12.1 Å². The second kappa shape index (κ2) is 7.18. The molecule has 7 nitrogen and oxygen atoms in total. The van der Waals surface area contributed by atoms with Crippen molar-refractivity contribution in [2.75, 3.05) is 19.8 Å². The minimum absolute atomic E-state index is 0.0697. The van der Waals surface area contributed by atoms with E-state index in [0.717, 1.165) is 12.1 Å². The summed E-state index contributed by atoms with van der Waals surface area (Å²) in [7, 11) is 0. The van der Waals surface area contributed by atoms with Gasteiger partial charge in [0.2, 0.25) is 5.82 Å². The fourth-order valence-corrected chi connectivity index (χ4v) is 3.17. The highest BCUT2D eigenvalue weighted by Crippen LogP contribution is 2.32. The molecule has 0 radical (unpaired) electrons. The first-order chi connectivity index (χ1) is 12.6. The first kappa shape index (κ1) is 19.7. The van der Waals surface area contributed by atoms with Crippen LogP contribution in [0.2, 0.25) is 0 Å². The number of nitrogens with zero attached hydrogens (tertiary/aromatic N) is 1. The molecule has 0 bridgehead atoms. The number of halogens is 1. The Hall–Kier alpha value is -2.03. The topological polar surface area (TPSA) is 86.6 Å². The first-order valence-electron chi connectivity index (χ1n) is 8.94. The minimum atomic E-state index is -0.844. The van der Waals surface area contributed by atoms with Crippen LogP contribution in [0, 0.1) is 15.9 Å². The smallest absolute Gasteiger partial charge is 0.305 e. The molecule has 1 N–H and O–H groups in total. The molecule has 0 aliphatic carbocycles. The lowest BCUT2D eigenvalue weighted by atomic mass is 9.86. The number of aromatic nitrogens is 1. The van der Waals surface area contributed by atoms with E-state index in [2.05, 4.69) is 4.98 Å². The van der Waals surface area contributed by atoms with E-state index in [1.807, 2.05) is 33.8 Å². The Morgan fingerprint density at radius 2 is 2.15 bits per heavy atom. The van der Waals surface area contributed by atoms with Gasteiger partial charge in [0.25, 0.3) is 0 Å². The molecule has 1 saturated heterocycles. The molecule has 1 aliphatic heterocycles. The summed E-state index contributed by atoms with van der Waals surface area (Å²) in [6.45, 7) is 9.34. The molecule has 2 aromatic rings. The molecule has 1 aliphatic rings. The monoisotopic (exact) mass is 380 g/mol. The van der Waals surface area contributed by atoms with Gasteiger partial charge in [0, 0.05) is 40.8 Å². The Kier molecular flexibility index (Phi) is 5.24. The molecule has 1 unspecified atom stereocenters. The van der Waals surface area contributed by atoms with Crippen LogP contribution in [0.5, 0.6) is 0 Å². The number of hydrogen-bond donors (Lipinski definition) is 1. The second-order valence-corrected chi connectivity index (χ2v) is 7.99. The molecule has 0 saturated carbocycles. The molecule has 1 atom stereocenters. The maximum atomic E-state index is 13.8. The van der Waals surface area contributed by atoms with Crippen molar-refractivity contribution in [2.24, 2.45) is 0 Å². The van der Waals surface area contributed by atoms with Crippen LogP contribution in [0.25, 0.3) is 10.9 Å². The summed E-state index contributed by atoms with van der Waals surface area (Å²) in [4.78, 5) is 13.4. The summed E-state index contributed by atoms with van der Waals surface area (Å²) < 4.78 is 30.8. The Balaban J connectivity index is 1.61. The molecular formula is C19H25FN2O5. The summed E-state index contributed by atoms with van der Waals surface area (Å²) in [5.41, 5.74) is 0.635. The second-order valence-electron chi connectivity index (χ2n) is 7.99. The average molecular weight is 380 g/mol. The molecule has 1 aromatic carbocycles. The maximum absolute atomic E-state index is 13.8. The molecule has 3 rings (SSSR count). The van der Waals surface area contributed by atoms with Crippen molar-refractivity contribution in [3.63, 3.8) is 0 Å². The van der Waals surface area contributed by atoms with Crippen LogP contribution in [0.15, 0.2) is 18.2 Å². The SMILES string of the molecule is CC1(C)OCC(COCCC(C)(C)c2cc3cc([N+](=O)[O-])c(F)cc3[nH]2)O1. The van der Waals surface area contributed by atoms with Gasteiger partial charge in [-0.3, -0.25) is 10.1 Å².